The van der Waals surface area contributed by atoms with Crippen molar-refractivity contribution >= 4 is 27.6 Å². The second-order valence-electron chi connectivity index (χ2n) is 5.65. The van der Waals surface area contributed by atoms with Gasteiger partial charge in [-0.25, -0.2) is 0 Å². The quantitative estimate of drug-likeness (QED) is 0.647. The molecule has 0 aliphatic carbocycles. The van der Waals surface area contributed by atoms with Crippen LogP contribution in [0.15, 0.2) is 48.5 Å². The molecule has 1 unspecified atom stereocenters. The Bertz CT molecular complexity index is 933. The molecule has 6 nitrogen and oxygen atoms in total. The van der Waals surface area contributed by atoms with Crippen LogP contribution in [0.5, 0.6) is 5.75 Å². The third-order valence-corrected chi connectivity index (χ3v) is 4.46. The summed E-state index contributed by atoms with van der Waals surface area (Å²) in [5.74, 6) is -1.74. The van der Waals surface area contributed by atoms with Crippen LogP contribution in [0.3, 0.4) is 0 Å². The van der Waals surface area contributed by atoms with Crippen molar-refractivity contribution in [1.29, 1.82) is 0 Å². The first-order valence-electron chi connectivity index (χ1n) is 7.78. The number of carbonyl (C=O) groups is 1. The fourth-order valence-electron chi connectivity index (χ4n) is 2.19. The van der Waals surface area contributed by atoms with Crippen LogP contribution in [0.2, 0.25) is 5.02 Å². The first kappa shape index (κ1) is 22.0. The largest absolute Gasteiger partial charge is 0.476 e. The minimum atomic E-state index is -4.59. The van der Waals surface area contributed by atoms with Gasteiger partial charge in [-0.05, 0) is 30.3 Å². The zero-order valence-electron chi connectivity index (χ0n) is 14.1. The number of benzene rings is 2. The van der Waals surface area contributed by atoms with Crippen molar-refractivity contribution in [3.63, 3.8) is 0 Å². The van der Waals surface area contributed by atoms with Gasteiger partial charge >= 0.3 is 6.18 Å². The van der Waals surface area contributed by atoms with Gasteiger partial charge in [0.15, 0.2) is 0 Å². The van der Waals surface area contributed by atoms with Crippen molar-refractivity contribution in [2.75, 3.05) is 12.3 Å². The number of halogens is 4. The molecule has 0 saturated heterocycles. The Hall–Kier alpha value is -2.30. The van der Waals surface area contributed by atoms with Gasteiger partial charge < -0.3 is 10.1 Å². The molecule has 2 aromatic rings. The van der Waals surface area contributed by atoms with Crippen molar-refractivity contribution in [2.24, 2.45) is 0 Å². The molecular weight excluding hydrogens is 423 g/mol. The molecule has 0 saturated carbocycles. The van der Waals surface area contributed by atoms with E-state index in [9.17, 15) is 26.4 Å². The fourth-order valence-corrected chi connectivity index (χ4v) is 2.67. The van der Waals surface area contributed by atoms with Crippen LogP contribution >= 0.6 is 11.6 Å². The summed E-state index contributed by atoms with van der Waals surface area (Å²) in [6, 6.07) is 9.81. The van der Waals surface area contributed by atoms with E-state index < -0.39 is 46.2 Å². The predicted molar refractivity (Wildman–Crippen MR) is 95.7 cm³/mol. The van der Waals surface area contributed by atoms with E-state index in [2.05, 4.69) is 5.32 Å². The average molecular weight is 438 g/mol. The zero-order valence-corrected chi connectivity index (χ0v) is 15.7. The average Bonchev–Trinajstić information content (AvgIpc) is 2.59. The van der Waals surface area contributed by atoms with Crippen LogP contribution in [-0.4, -0.2) is 31.2 Å². The van der Waals surface area contributed by atoms with E-state index in [0.29, 0.717) is 5.02 Å². The number of alkyl halides is 3. The SMILES string of the molecule is O=C(NCCS(=O)(=O)O)C(Oc1cccc(C(F)(F)F)c1)c1ccc(Cl)cc1. The summed E-state index contributed by atoms with van der Waals surface area (Å²) in [5, 5.41) is 2.63. The summed E-state index contributed by atoms with van der Waals surface area (Å²) >= 11 is 5.80. The second kappa shape index (κ2) is 8.80. The summed E-state index contributed by atoms with van der Waals surface area (Å²) < 4.78 is 74.3. The molecule has 0 aromatic heterocycles. The number of carbonyl (C=O) groups excluding carboxylic acids is 1. The van der Waals surface area contributed by atoms with E-state index in [-0.39, 0.29) is 11.3 Å². The minimum absolute atomic E-state index is 0.209. The van der Waals surface area contributed by atoms with Gasteiger partial charge in [0.25, 0.3) is 16.0 Å². The number of rotatable bonds is 7. The Morgan fingerprint density at radius 1 is 1.18 bits per heavy atom. The molecule has 0 aliphatic rings. The van der Waals surface area contributed by atoms with Crippen LogP contribution < -0.4 is 10.1 Å². The Labute approximate surface area is 164 Å². The van der Waals surface area contributed by atoms with E-state index in [1.165, 1.54) is 30.3 Å². The molecule has 0 radical (unpaired) electrons. The summed E-state index contributed by atoms with van der Waals surface area (Å²) in [4.78, 5) is 12.4. The minimum Gasteiger partial charge on any atom is -0.476 e. The van der Waals surface area contributed by atoms with Gasteiger partial charge in [-0.2, -0.15) is 21.6 Å². The molecule has 28 heavy (non-hydrogen) atoms. The Kier molecular flexibility index (Phi) is 6.91. The molecule has 2 N–H and O–H groups in total. The van der Waals surface area contributed by atoms with Crippen LogP contribution in [0.1, 0.15) is 17.2 Å². The van der Waals surface area contributed by atoms with Gasteiger partial charge in [0.05, 0.1) is 11.3 Å². The number of ether oxygens (including phenoxy) is 1. The zero-order chi connectivity index (χ0) is 20.9. The summed E-state index contributed by atoms with van der Waals surface area (Å²) in [7, 11) is -4.29. The predicted octanol–water partition coefficient (Wildman–Crippen LogP) is 3.48. The summed E-state index contributed by atoms with van der Waals surface area (Å²) in [5.41, 5.74) is -0.669. The first-order chi connectivity index (χ1) is 13.0. The van der Waals surface area contributed by atoms with Gasteiger partial charge in [-0.1, -0.05) is 29.8 Å². The monoisotopic (exact) mass is 437 g/mol. The molecular formula is C17H15ClF3NO5S. The Morgan fingerprint density at radius 3 is 2.39 bits per heavy atom. The maximum Gasteiger partial charge on any atom is 0.416 e. The highest BCUT2D eigenvalue weighted by atomic mass is 35.5. The lowest BCUT2D eigenvalue weighted by molar-refractivity contribution is -0.137. The lowest BCUT2D eigenvalue weighted by Crippen LogP contribution is -2.35. The third-order valence-electron chi connectivity index (χ3n) is 3.49. The number of amides is 1. The maximum atomic E-state index is 12.9. The highest BCUT2D eigenvalue weighted by Gasteiger charge is 2.31. The molecule has 0 fully saturated rings. The molecule has 1 amide bonds. The van der Waals surface area contributed by atoms with Crippen molar-refractivity contribution in [3.05, 3.63) is 64.7 Å². The van der Waals surface area contributed by atoms with Crippen LogP contribution in [0, 0.1) is 0 Å². The standard InChI is InChI=1S/C17H15ClF3NO5S/c18-13-6-4-11(5-7-13)15(16(23)22-8-9-28(24,25)26)27-14-3-1-2-12(10-14)17(19,20)21/h1-7,10,15H,8-9H2,(H,22,23)(H,24,25,26). The van der Waals surface area contributed by atoms with Crippen LogP contribution in [-0.2, 0) is 21.1 Å². The van der Waals surface area contributed by atoms with E-state index >= 15 is 0 Å². The molecule has 152 valence electrons. The van der Waals surface area contributed by atoms with Gasteiger partial charge in [0, 0.05) is 17.1 Å². The van der Waals surface area contributed by atoms with Crippen LogP contribution in [0.4, 0.5) is 13.2 Å². The van der Waals surface area contributed by atoms with Gasteiger partial charge in [-0.3, -0.25) is 9.35 Å². The highest BCUT2D eigenvalue weighted by Crippen LogP contribution is 2.32. The molecule has 1 atom stereocenters. The molecule has 0 spiro atoms. The van der Waals surface area contributed by atoms with Gasteiger partial charge in [0.1, 0.15) is 5.75 Å². The molecule has 2 rings (SSSR count). The van der Waals surface area contributed by atoms with Crippen molar-refractivity contribution in [3.8, 4) is 5.75 Å². The summed E-state index contributed by atoms with van der Waals surface area (Å²) in [6.07, 6.45) is -5.96. The van der Waals surface area contributed by atoms with Crippen LogP contribution in [0.25, 0.3) is 0 Å². The summed E-state index contributed by atoms with van der Waals surface area (Å²) in [6.45, 7) is -0.409. The van der Waals surface area contributed by atoms with Crippen molar-refractivity contribution < 1.29 is 35.7 Å². The number of nitrogens with one attached hydrogen (secondary N) is 1. The Morgan fingerprint density at radius 2 is 1.82 bits per heavy atom. The smallest absolute Gasteiger partial charge is 0.416 e. The molecule has 0 bridgehead atoms. The number of hydrogen-bond donors (Lipinski definition) is 2. The van der Waals surface area contributed by atoms with E-state index in [0.717, 1.165) is 18.2 Å². The number of hydrogen-bond acceptors (Lipinski definition) is 4. The highest BCUT2D eigenvalue weighted by molar-refractivity contribution is 7.85. The van der Waals surface area contributed by atoms with Crippen molar-refractivity contribution in [1.82, 2.24) is 5.32 Å². The molecule has 2 aromatic carbocycles. The normalized spacial score (nSPS) is 13.0. The lowest BCUT2D eigenvalue weighted by Gasteiger charge is -2.20. The van der Waals surface area contributed by atoms with E-state index in [4.69, 9.17) is 20.9 Å². The second-order valence-corrected chi connectivity index (χ2v) is 7.66. The lowest BCUT2D eigenvalue weighted by atomic mass is 10.1. The first-order valence-corrected chi connectivity index (χ1v) is 9.77. The maximum absolute atomic E-state index is 12.9. The Balaban J connectivity index is 2.26. The van der Waals surface area contributed by atoms with E-state index in [1.54, 1.807) is 0 Å². The molecule has 0 aliphatic heterocycles. The molecule has 0 heterocycles. The van der Waals surface area contributed by atoms with Crippen molar-refractivity contribution in [2.45, 2.75) is 12.3 Å². The van der Waals surface area contributed by atoms with E-state index in [1.807, 2.05) is 0 Å². The topological polar surface area (TPSA) is 92.7 Å². The molecule has 11 heteroatoms. The van der Waals surface area contributed by atoms with Gasteiger partial charge in [-0.15, -0.1) is 0 Å². The van der Waals surface area contributed by atoms with Gasteiger partial charge in [0.2, 0.25) is 6.10 Å². The third kappa shape index (κ3) is 6.70. The fraction of sp³-hybridized carbons (Fsp3) is 0.235.